The molecular weight excluding hydrogens is 351 g/mol. The molecule has 0 radical (unpaired) electrons. The maximum absolute atomic E-state index is 10.5. The van der Waals surface area contributed by atoms with Crippen molar-refractivity contribution >= 4 is 10.1 Å². The molecule has 24 heavy (non-hydrogen) atoms. The molecule has 4 nitrogen and oxygen atoms in total. The molecule has 0 saturated carbocycles. The Kier molecular flexibility index (Phi) is 22.3. The molecule has 0 rings (SSSR count). The van der Waals surface area contributed by atoms with Gasteiger partial charge in [-0.1, -0.05) is 96.8 Å². The van der Waals surface area contributed by atoms with Crippen molar-refractivity contribution in [1.82, 2.24) is 0 Å². The molecule has 1 N–H and O–H groups in total. The molecule has 0 amide bonds. The molecular formula is C18H37KO4S. The van der Waals surface area contributed by atoms with Crippen molar-refractivity contribution in [2.75, 3.05) is 5.75 Å². The molecule has 0 saturated heterocycles. The van der Waals surface area contributed by atoms with Crippen LogP contribution in [0.25, 0.3) is 0 Å². The van der Waals surface area contributed by atoms with Crippen LogP contribution in [0.3, 0.4) is 0 Å². The van der Waals surface area contributed by atoms with Crippen LogP contribution in [0.2, 0.25) is 0 Å². The topological polar surface area (TPSA) is 77.4 Å². The second-order valence-corrected chi connectivity index (χ2v) is 8.21. The minimum absolute atomic E-state index is 0. The molecule has 0 aromatic heterocycles. The maximum Gasteiger partial charge on any atom is 1.00 e. The van der Waals surface area contributed by atoms with Crippen molar-refractivity contribution in [3.8, 4) is 0 Å². The standard InChI is InChI=1S/C18H38O4S.K/c1-2-3-4-5-6-7-8-9-10-11-12-13-14-15-16-18(19)17-23(20,21)22;/h18-19H,2-17H2,1H3,(H,20,21,22);/q;+1/p-1. The largest absolute Gasteiger partial charge is 1.00 e. The SMILES string of the molecule is CCCCCCCCCCCCCCCCC(O)CS(=O)(=O)[O-].[K+]. The van der Waals surface area contributed by atoms with E-state index in [0.717, 1.165) is 19.3 Å². The fraction of sp³-hybridized carbons (Fsp3) is 1.00. The van der Waals surface area contributed by atoms with Gasteiger partial charge in [0.25, 0.3) is 0 Å². The van der Waals surface area contributed by atoms with Gasteiger partial charge < -0.3 is 9.66 Å². The Morgan fingerprint density at radius 1 is 0.750 bits per heavy atom. The third-order valence-electron chi connectivity index (χ3n) is 4.29. The summed E-state index contributed by atoms with van der Waals surface area (Å²) in [6, 6.07) is 0. The molecule has 0 aromatic carbocycles. The smallest absolute Gasteiger partial charge is 0.748 e. The van der Waals surface area contributed by atoms with Crippen LogP contribution >= 0.6 is 0 Å². The van der Waals surface area contributed by atoms with E-state index in [1.165, 1.54) is 70.6 Å². The van der Waals surface area contributed by atoms with Gasteiger partial charge >= 0.3 is 51.4 Å². The van der Waals surface area contributed by atoms with Crippen molar-refractivity contribution in [3.05, 3.63) is 0 Å². The second kappa shape index (κ2) is 19.3. The Hall–Kier alpha value is 1.51. The predicted octanol–water partition coefficient (Wildman–Crippen LogP) is 1.77. The van der Waals surface area contributed by atoms with E-state index < -0.39 is 22.0 Å². The third kappa shape index (κ3) is 23.5. The fourth-order valence-electron chi connectivity index (χ4n) is 2.89. The molecule has 1 unspecified atom stereocenters. The van der Waals surface area contributed by atoms with Gasteiger partial charge in [0, 0.05) is 0 Å². The van der Waals surface area contributed by atoms with Crippen molar-refractivity contribution in [3.63, 3.8) is 0 Å². The van der Waals surface area contributed by atoms with E-state index in [4.69, 9.17) is 0 Å². The van der Waals surface area contributed by atoms with Crippen LogP contribution in [-0.2, 0) is 10.1 Å². The zero-order valence-electron chi connectivity index (χ0n) is 16.0. The van der Waals surface area contributed by atoms with E-state index in [0.29, 0.717) is 6.42 Å². The second-order valence-electron chi connectivity index (χ2n) is 6.76. The van der Waals surface area contributed by atoms with Gasteiger partial charge in [-0.25, -0.2) is 8.42 Å². The first kappa shape index (κ1) is 27.7. The Balaban J connectivity index is 0. The number of unbranched alkanes of at least 4 members (excludes halogenated alkanes) is 13. The normalized spacial score (nSPS) is 12.8. The first-order valence-electron chi connectivity index (χ1n) is 9.57. The summed E-state index contributed by atoms with van der Waals surface area (Å²) < 4.78 is 31.4. The molecule has 0 aliphatic carbocycles. The number of rotatable bonds is 17. The quantitative estimate of drug-likeness (QED) is 0.234. The number of aliphatic hydroxyl groups is 1. The summed E-state index contributed by atoms with van der Waals surface area (Å²) in [6.07, 6.45) is 17.1. The molecule has 0 fully saturated rings. The van der Waals surface area contributed by atoms with Crippen LogP contribution in [-0.4, -0.2) is 29.9 Å². The molecule has 0 aliphatic rings. The summed E-state index contributed by atoms with van der Waals surface area (Å²) in [7, 11) is -4.29. The Bertz CT molecular complexity index is 347. The molecule has 6 heteroatoms. The van der Waals surface area contributed by atoms with Gasteiger partial charge in [0.15, 0.2) is 0 Å². The summed E-state index contributed by atoms with van der Waals surface area (Å²) in [5, 5.41) is 9.40. The first-order valence-corrected chi connectivity index (χ1v) is 11.1. The third-order valence-corrected chi connectivity index (χ3v) is 5.08. The molecule has 0 aliphatic heterocycles. The Labute approximate surface area is 192 Å². The van der Waals surface area contributed by atoms with Gasteiger partial charge in [-0.3, -0.25) is 0 Å². The molecule has 1 atom stereocenters. The minimum Gasteiger partial charge on any atom is -0.748 e. The Morgan fingerprint density at radius 2 is 1.08 bits per heavy atom. The van der Waals surface area contributed by atoms with Crippen LogP contribution < -0.4 is 51.4 Å². The molecule has 0 heterocycles. The van der Waals surface area contributed by atoms with Crippen molar-refractivity contribution in [2.24, 2.45) is 0 Å². The van der Waals surface area contributed by atoms with E-state index in [1.807, 2.05) is 0 Å². The van der Waals surface area contributed by atoms with Gasteiger partial charge in [0.05, 0.1) is 22.0 Å². The summed E-state index contributed by atoms with van der Waals surface area (Å²) >= 11 is 0. The zero-order chi connectivity index (χ0) is 17.4. The van der Waals surface area contributed by atoms with Crippen molar-refractivity contribution < 1.29 is 69.5 Å². The minimum atomic E-state index is -4.29. The van der Waals surface area contributed by atoms with Gasteiger partial charge in [0.1, 0.15) is 0 Å². The Morgan fingerprint density at radius 3 is 1.42 bits per heavy atom. The van der Waals surface area contributed by atoms with Crippen LogP contribution in [0.4, 0.5) is 0 Å². The average Bonchev–Trinajstić information content (AvgIpc) is 2.46. The van der Waals surface area contributed by atoms with Crippen molar-refractivity contribution in [1.29, 1.82) is 0 Å². The van der Waals surface area contributed by atoms with Gasteiger partial charge in [-0.05, 0) is 6.42 Å². The zero-order valence-corrected chi connectivity index (χ0v) is 19.9. The van der Waals surface area contributed by atoms with E-state index in [-0.39, 0.29) is 51.4 Å². The monoisotopic (exact) mass is 388 g/mol. The van der Waals surface area contributed by atoms with Gasteiger partial charge in [-0.2, -0.15) is 0 Å². The van der Waals surface area contributed by atoms with Crippen molar-refractivity contribution in [2.45, 2.75) is 109 Å². The van der Waals surface area contributed by atoms with Gasteiger partial charge in [0.2, 0.25) is 0 Å². The predicted molar refractivity (Wildman–Crippen MR) is 95.5 cm³/mol. The van der Waals surface area contributed by atoms with E-state index in [2.05, 4.69) is 6.92 Å². The number of hydrogen-bond donors (Lipinski definition) is 1. The van der Waals surface area contributed by atoms with Crippen LogP contribution in [0.5, 0.6) is 0 Å². The average molecular weight is 389 g/mol. The molecule has 0 aromatic rings. The number of hydrogen-bond acceptors (Lipinski definition) is 4. The molecule has 0 spiro atoms. The van der Waals surface area contributed by atoms with E-state index in [1.54, 1.807) is 0 Å². The van der Waals surface area contributed by atoms with E-state index in [9.17, 15) is 18.1 Å². The number of aliphatic hydroxyl groups excluding tert-OH is 1. The van der Waals surface area contributed by atoms with Crippen LogP contribution in [0.1, 0.15) is 103 Å². The summed E-state index contributed by atoms with van der Waals surface area (Å²) in [5.41, 5.74) is 0. The summed E-state index contributed by atoms with van der Waals surface area (Å²) in [4.78, 5) is 0. The summed E-state index contributed by atoms with van der Waals surface area (Å²) in [5.74, 6) is -0.647. The van der Waals surface area contributed by atoms with Crippen LogP contribution in [0.15, 0.2) is 0 Å². The summed E-state index contributed by atoms with van der Waals surface area (Å²) in [6.45, 7) is 2.25. The van der Waals surface area contributed by atoms with Crippen LogP contribution in [0, 0.1) is 0 Å². The van der Waals surface area contributed by atoms with E-state index >= 15 is 0 Å². The first-order chi connectivity index (χ1) is 11.0. The maximum atomic E-state index is 10.5. The molecule has 140 valence electrons. The fourth-order valence-corrected chi connectivity index (χ4v) is 3.53. The molecule has 0 bridgehead atoms. The van der Waals surface area contributed by atoms with Gasteiger partial charge in [-0.15, -0.1) is 0 Å².